The number of fused-ring (bicyclic) bond motifs is 1. The molecule has 0 spiro atoms. The van der Waals surface area contributed by atoms with Crippen LogP contribution in [0.2, 0.25) is 0 Å². The van der Waals surface area contributed by atoms with Crippen molar-refractivity contribution in [2.45, 2.75) is 32.4 Å². The van der Waals surface area contributed by atoms with Gasteiger partial charge in [-0.25, -0.2) is 14.6 Å². The summed E-state index contributed by atoms with van der Waals surface area (Å²) < 4.78 is 18.4. The molecule has 10 heteroatoms. The molecule has 2 aliphatic rings. The normalized spacial score (nSPS) is 17.9. The Bertz CT molecular complexity index is 1070. The molecule has 2 aliphatic heterocycles. The number of anilines is 1. The molecular weight excluding hydrogens is 400 g/mol. The van der Waals surface area contributed by atoms with Crippen LogP contribution in [-0.2, 0) is 16.0 Å². The third-order valence-electron chi connectivity index (χ3n) is 5.79. The highest BCUT2D eigenvalue weighted by atomic mass is 16.5. The van der Waals surface area contributed by atoms with Crippen molar-refractivity contribution >= 4 is 22.6 Å². The minimum absolute atomic E-state index is 0.148. The molecule has 2 saturated heterocycles. The van der Waals surface area contributed by atoms with E-state index < -0.39 is 0 Å². The molecule has 0 saturated carbocycles. The molecule has 3 aromatic heterocycles. The van der Waals surface area contributed by atoms with Crippen molar-refractivity contribution in [3.63, 3.8) is 0 Å². The Morgan fingerprint density at radius 1 is 1.16 bits per heavy atom. The second-order valence-electron chi connectivity index (χ2n) is 7.72. The van der Waals surface area contributed by atoms with E-state index in [2.05, 4.69) is 20.4 Å². The average Bonchev–Trinajstić information content (AvgIpc) is 3.47. The maximum atomic E-state index is 12.8. The summed E-state index contributed by atoms with van der Waals surface area (Å²) in [5, 5.41) is 9.02. The predicted octanol–water partition coefficient (Wildman–Crippen LogP) is 2.17. The first-order valence-corrected chi connectivity index (χ1v) is 10.8. The monoisotopic (exact) mass is 426 g/mol. The van der Waals surface area contributed by atoms with Gasteiger partial charge < -0.3 is 24.1 Å². The molecule has 164 valence electrons. The number of pyridine rings is 1. The highest BCUT2D eigenvalue weighted by molar-refractivity contribution is 5.97. The first-order valence-electron chi connectivity index (χ1n) is 10.8. The first kappa shape index (κ1) is 20.0. The van der Waals surface area contributed by atoms with Gasteiger partial charge in [-0.1, -0.05) is 0 Å². The number of rotatable bonds is 5. The van der Waals surface area contributed by atoms with Crippen molar-refractivity contribution in [3.05, 3.63) is 24.4 Å². The van der Waals surface area contributed by atoms with E-state index in [1.165, 1.54) is 6.26 Å². The van der Waals surface area contributed by atoms with Crippen LogP contribution in [-0.4, -0.2) is 76.1 Å². The Labute approximate surface area is 179 Å². The quantitative estimate of drug-likeness (QED) is 0.661. The number of hydrogen-bond donors (Lipinski definition) is 1. The van der Waals surface area contributed by atoms with Crippen LogP contribution in [0, 0.1) is 0 Å². The molecular formula is C21H26N6O4. The van der Waals surface area contributed by atoms with Crippen molar-refractivity contribution in [3.8, 4) is 11.5 Å². The second-order valence-corrected chi connectivity index (χ2v) is 7.72. The summed E-state index contributed by atoms with van der Waals surface area (Å²) in [5.74, 6) is 0.217. The fraction of sp³-hybridized carbons (Fsp3) is 0.524. The van der Waals surface area contributed by atoms with Crippen molar-refractivity contribution in [1.29, 1.82) is 0 Å². The van der Waals surface area contributed by atoms with Gasteiger partial charge in [0.1, 0.15) is 6.26 Å². The zero-order valence-electron chi connectivity index (χ0n) is 17.5. The molecule has 1 N–H and O–H groups in total. The number of nitrogens with one attached hydrogen (secondary N) is 1. The molecule has 10 nitrogen and oxygen atoms in total. The number of aromatic nitrogens is 4. The third kappa shape index (κ3) is 3.88. The Morgan fingerprint density at radius 2 is 1.94 bits per heavy atom. The molecule has 5 rings (SSSR count). The zero-order chi connectivity index (χ0) is 21.2. The van der Waals surface area contributed by atoms with Gasteiger partial charge in [0.15, 0.2) is 11.3 Å². The van der Waals surface area contributed by atoms with Crippen LogP contribution in [0.15, 0.2) is 23.1 Å². The van der Waals surface area contributed by atoms with E-state index in [4.69, 9.17) is 13.9 Å². The molecule has 3 aromatic rings. The molecule has 0 aromatic carbocycles. The molecule has 0 radical (unpaired) electrons. The van der Waals surface area contributed by atoms with Crippen LogP contribution in [0.1, 0.15) is 30.3 Å². The van der Waals surface area contributed by atoms with Gasteiger partial charge in [-0.05, 0) is 19.8 Å². The van der Waals surface area contributed by atoms with Crippen LogP contribution in [0.5, 0.6) is 0 Å². The highest BCUT2D eigenvalue weighted by Gasteiger charge is 2.25. The Hall–Kier alpha value is -2.98. The lowest BCUT2D eigenvalue weighted by Crippen LogP contribution is -2.40. The number of ether oxygens (including phenoxy) is 2. The second kappa shape index (κ2) is 8.64. The van der Waals surface area contributed by atoms with E-state index in [9.17, 15) is 4.79 Å². The first-order chi connectivity index (χ1) is 15.2. The Morgan fingerprint density at radius 3 is 2.71 bits per heavy atom. The molecule has 0 aliphatic carbocycles. The van der Waals surface area contributed by atoms with Crippen molar-refractivity contribution < 1.29 is 18.7 Å². The maximum absolute atomic E-state index is 12.8. The van der Waals surface area contributed by atoms with E-state index in [1.807, 2.05) is 17.8 Å². The molecule has 31 heavy (non-hydrogen) atoms. The number of morpholine rings is 1. The summed E-state index contributed by atoms with van der Waals surface area (Å²) >= 11 is 0. The lowest BCUT2D eigenvalue weighted by atomic mass is 10.1. The van der Waals surface area contributed by atoms with Crippen molar-refractivity contribution in [1.82, 2.24) is 24.6 Å². The Kier molecular flexibility index (Phi) is 5.56. The highest BCUT2D eigenvalue weighted by Crippen LogP contribution is 2.34. The number of aryl methyl sites for hydroxylation is 1. The smallest absolute Gasteiger partial charge is 0.275 e. The van der Waals surface area contributed by atoms with Gasteiger partial charge in [-0.3, -0.25) is 4.79 Å². The summed E-state index contributed by atoms with van der Waals surface area (Å²) in [5.41, 5.74) is 2.69. The van der Waals surface area contributed by atoms with Gasteiger partial charge in [-0.15, -0.1) is 0 Å². The van der Waals surface area contributed by atoms with Gasteiger partial charge in [0.05, 0.1) is 36.0 Å². The molecule has 2 fully saturated rings. The summed E-state index contributed by atoms with van der Waals surface area (Å²) in [6, 6.07) is 0.271. The SMILES string of the molecule is CCn1ncc2c(NC3CCOCC3)c(-c3nc(C(=O)N4CCOCC4)co3)cnc21. The fourth-order valence-electron chi connectivity index (χ4n) is 4.05. The van der Waals surface area contributed by atoms with E-state index >= 15 is 0 Å². The number of amides is 1. The number of carbonyl (C=O) groups excluding carboxylic acids is 1. The molecule has 0 bridgehead atoms. The topological polar surface area (TPSA) is 108 Å². The van der Waals surface area contributed by atoms with Gasteiger partial charge in [0.2, 0.25) is 5.89 Å². The standard InChI is InChI=1S/C21H26N6O4/c1-2-27-19-15(12-23-27)18(24-14-3-7-29-8-4-14)16(11-22-19)20-25-17(13-31-20)21(28)26-5-9-30-10-6-26/h11-14H,2-10H2,1H3,(H,22,24). The molecule has 0 unspecified atom stereocenters. The summed E-state index contributed by atoms with van der Waals surface area (Å²) in [6.07, 6.45) is 6.81. The Balaban J connectivity index is 1.50. The zero-order valence-corrected chi connectivity index (χ0v) is 17.5. The molecule has 5 heterocycles. The van der Waals surface area contributed by atoms with Crippen LogP contribution >= 0.6 is 0 Å². The minimum Gasteiger partial charge on any atom is -0.443 e. The van der Waals surface area contributed by atoms with E-state index in [0.717, 1.165) is 54.9 Å². The van der Waals surface area contributed by atoms with Gasteiger partial charge in [0.25, 0.3) is 5.91 Å². The maximum Gasteiger partial charge on any atom is 0.275 e. The number of oxazole rings is 1. The number of nitrogens with zero attached hydrogens (tertiary/aromatic N) is 5. The minimum atomic E-state index is -0.148. The van der Waals surface area contributed by atoms with Crippen molar-refractivity contribution in [2.24, 2.45) is 0 Å². The average molecular weight is 426 g/mol. The lowest BCUT2D eigenvalue weighted by molar-refractivity contribution is 0.0299. The van der Waals surface area contributed by atoms with E-state index in [1.54, 1.807) is 11.1 Å². The van der Waals surface area contributed by atoms with Gasteiger partial charge >= 0.3 is 0 Å². The molecule has 1 amide bonds. The van der Waals surface area contributed by atoms with Crippen LogP contribution in [0.4, 0.5) is 5.69 Å². The van der Waals surface area contributed by atoms with Crippen LogP contribution < -0.4 is 5.32 Å². The van der Waals surface area contributed by atoms with E-state index in [0.29, 0.717) is 37.9 Å². The number of hydrogen-bond acceptors (Lipinski definition) is 8. The van der Waals surface area contributed by atoms with Crippen LogP contribution in [0.25, 0.3) is 22.5 Å². The molecule has 0 atom stereocenters. The fourth-order valence-corrected chi connectivity index (χ4v) is 4.05. The largest absolute Gasteiger partial charge is 0.443 e. The summed E-state index contributed by atoms with van der Waals surface area (Å²) in [7, 11) is 0. The third-order valence-corrected chi connectivity index (χ3v) is 5.79. The summed E-state index contributed by atoms with van der Waals surface area (Å²) in [6.45, 7) is 6.41. The number of carbonyl (C=O) groups is 1. The predicted molar refractivity (Wildman–Crippen MR) is 113 cm³/mol. The van der Waals surface area contributed by atoms with E-state index in [-0.39, 0.29) is 11.9 Å². The summed E-state index contributed by atoms with van der Waals surface area (Å²) in [4.78, 5) is 23.6. The van der Waals surface area contributed by atoms with Gasteiger partial charge in [0, 0.05) is 45.1 Å². The van der Waals surface area contributed by atoms with Gasteiger partial charge in [-0.2, -0.15) is 5.10 Å². The van der Waals surface area contributed by atoms with Crippen LogP contribution in [0.3, 0.4) is 0 Å². The lowest BCUT2D eigenvalue weighted by Gasteiger charge is -2.25. The van der Waals surface area contributed by atoms with Crippen molar-refractivity contribution in [2.75, 3.05) is 44.8 Å².